The Bertz CT molecular complexity index is 809. The van der Waals surface area contributed by atoms with Crippen LogP contribution in [-0.2, 0) is 21.8 Å². The molecule has 0 saturated heterocycles. The van der Waals surface area contributed by atoms with Crippen molar-refractivity contribution in [3.8, 4) is 0 Å². The summed E-state index contributed by atoms with van der Waals surface area (Å²) in [5, 5.41) is 8.70. The van der Waals surface area contributed by atoms with Crippen LogP contribution < -0.4 is 10.6 Å². The monoisotopic (exact) mass is 379 g/mol. The van der Waals surface area contributed by atoms with E-state index in [2.05, 4.69) is 47.0 Å². The SMILES string of the molecule is CN=C(NCc1ccc(S(C)(=O)=O)cc1)NCC(C)(C)c1cccs1. The molecule has 25 heavy (non-hydrogen) atoms. The third kappa shape index (κ3) is 5.57. The van der Waals surface area contributed by atoms with E-state index in [1.54, 1.807) is 30.5 Å². The highest BCUT2D eigenvalue weighted by Gasteiger charge is 2.21. The second-order valence-corrected chi connectivity index (χ2v) is 9.52. The Kier molecular flexibility index (Phi) is 6.24. The maximum Gasteiger partial charge on any atom is 0.191 e. The molecule has 0 spiro atoms. The maximum absolute atomic E-state index is 11.5. The number of aliphatic imine (C=N–C) groups is 1. The Labute approximate surface area is 154 Å². The lowest BCUT2D eigenvalue weighted by atomic mass is 9.91. The number of sulfone groups is 1. The Morgan fingerprint density at radius 1 is 1.16 bits per heavy atom. The van der Waals surface area contributed by atoms with Crippen LogP contribution in [0.5, 0.6) is 0 Å². The van der Waals surface area contributed by atoms with Crippen LogP contribution in [0.1, 0.15) is 24.3 Å². The van der Waals surface area contributed by atoms with E-state index >= 15 is 0 Å². The van der Waals surface area contributed by atoms with Crippen LogP contribution in [0.25, 0.3) is 0 Å². The zero-order valence-electron chi connectivity index (χ0n) is 15.0. The van der Waals surface area contributed by atoms with Gasteiger partial charge in [0, 0.05) is 36.7 Å². The zero-order chi connectivity index (χ0) is 18.5. The van der Waals surface area contributed by atoms with E-state index in [4.69, 9.17) is 0 Å². The highest BCUT2D eigenvalue weighted by Crippen LogP contribution is 2.26. The Balaban J connectivity index is 1.90. The molecule has 0 amide bonds. The van der Waals surface area contributed by atoms with Crippen molar-refractivity contribution in [1.29, 1.82) is 0 Å². The summed E-state index contributed by atoms with van der Waals surface area (Å²) in [7, 11) is -1.42. The largest absolute Gasteiger partial charge is 0.356 e. The highest BCUT2D eigenvalue weighted by atomic mass is 32.2. The molecule has 0 aliphatic heterocycles. The molecule has 5 nitrogen and oxygen atoms in total. The zero-order valence-corrected chi connectivity index (χ0v) is 16.7. The smallest absolute Gasteiger partial charge is 0.191 e. The summed E-state index contributed by atoms with van der Waals surface area (Å²) >= 11 is 1.75. The molecule has 136 valence electrons. The first-order valence-corrected chi connectivity index (χ1v) is 10.8. The number of thiophene rings is 1. The van der Waals surface area contributed by atoms with Crippen molar-refractivity contribution in [2.75, 3.05) is 19.8 Å². The second-order valence-electron chi connectivity index (χ2n) is 6.56. The first kappa shape index (κ1) is 19.5. The lowest BCUT2D eigenvalue weighted by Gasteiger charge is -2.25. The van der Waals surface area contributed by atoms with Gasteiger partial charge in [0.2, 0.25) is 0 Å². The van der Waals surface area contributed by atoms with E-state index in [0.717, 1.165) is 18.1 Å². The van der Waals surface area contributed by atoms with Crippen molar-refractivity contribution in [3.63, 3.8) is 0 Å². The molecule has 2 rings (SSSR count). The molecule has 1 heterocycles. The van der Waals surface area contributed by atoms with E-state index in [-0.39, 0.29) is 5.41 Å². The van der Waals surface area contributed by atoms with Crippen LogP contribution in [-0.4, -0.2) is 34.2 Å². The summed E-state index contributed by atoms with van der Waals surface area (Å²) in [6, 6.07) is 11.1. The van der Waals surface area contributed by atoms with E-state index in [0.29, 0.717) is 11.4 Å². The average Bonchev–Trinajstić information content (AvgIpc) is 3.10. The number of rotatable bonds is 6. The van der Waals surface area contributed by atoms with Gasteiger partial charge in [0.15, 0.2) is 15.8 Å². The van der Waals surface area contributed by atoms with Gasteiger partial charge in [-0.3, -0.25) is 4.99 Å². The average molecular weight is 380 g/mol. The number of benzene rings is 1. The lowest BCUT2D eigenvalue weighted by Crippen LogP contribution is -2.42. The molecule has 0 bridgehead atoms. The van der Waals surface area contributed by atoms with Gasteiger partial charge in [-0.15, -0.1) is 11.3 Å². The van der Waals surface area contributed by atoms with Gasteiger partial charge in [0.05, 0.1) is 4.90 Å². The molecule has 2 N–H and O–H groups in total. The van der Waals surface area contributed by atoms with Crippen molar-refractivity contribution in [2.45, 2.75) is 30.7 Å². The predicted octanol–water partition coefficient (Wildman–Crippen LogP) is 2.79. The first-order valence-electron chi connectivity index (χ1n) is 8.00. The third-order valence-corrected chi connectivity index (χ3v) is 6.29. The molecule has 2 aromatic rings. The second kappa shape index (κ2) is 8.01. The van der Waals surface area contributed by atoms with Gasteiger partial charge in [-0.05, 0) is 29.1 Å². The Hall–Kier alpha value is -1.86. The fourth-order valence-corrected chi connectivity index (χ4v) is 3.80. The van der Waals surface area contributed by atoms with Gasteiger partial charge in [-0.1, -0.05) is 32.0 Å². The lowest BCUT2D eigenvalue weighted by molar-refractivity contribution is 0.518. The maximum atomic E-state index is 11.5. The summed E-state index contributed by atoms with van der Waals surface area (Å²) in [5.41, 5.74) is 1.01. The molecule has 0 radical (unpaired) electrons. The highest BCUT2D eigenvalue weighted by molar-refractivity contribution is 7.90. The predicted molar refractivity (Wildman–Crippen MR) is 105 cm³/mol. The van der Waals surface area contributed by atoms with Gasteiger partial charge in [-0.25, -0.2) is 8.42 Å². The summed E-state index contributed by atoms with van der Waals surface area (Å²) < 4.78 is 23.0. The van der Waals surface area contributed by atoms with E-state index in [1.807, 2.05) is 12.1 Å². The van der Waals surface area contributed by atoms with E-state index in [9.17, 15) is 8.42 Å². The molecule has 0 atom stereocenters. The molecule has 7 heteroatoms. The number of hydrogen-bond acceptors (Lipinski definition) is 4. The minimum absolute atomic E-state index is 0.0168. The summed E-state index contributed by atoms with van der Waals surface area (Å²) in [6.45, 7) is 5.73. The van der Waals surface area contributed by atoms with Gasteiger partial charge < -0.3 is 10.6 Å². The Morgan fingerprint density at radius 3 is 2.36 bits per heavy atom. The van der Waals surface area contributed by atoms with Gasteiger partial charge in [-0.2, -0.15) is 0 Å². The first-order chi connectivity index (χ1) is 11.7. The van der Waals surface area contributed by atoms with Crippen LogP contribution in [0.3, 0.4) is 0 Å². The normalized spacial score (nSPS) is 12.9. The fraction of sp³-hybridized carbons (Fsp3) is 0.389. The van der Waals surface area contributed by atoms with Gasteiger partial charge >= 0.3 is 0 Å². The summed E-state index contributed by atoms with van der Waals surface area (Å²) in [5.74, 6) is 0.719. The molecule has 1 aromatic carbocycles. The molecule has 0 aliphatic carbocycles. The number of guanidine groups is 1. The standard InChI is InChI=1S/C18H25N3O2S2/c1-18(2,16-6-5-11-24-16)13-21-17(19-3)20-12-14-7-9-15(10-8-14)25(4,22)23/h5-11H,12-13H2,1-4H3,(H2,19,20,21). The molecule has 0 saturated carbocycles. The van der Waals surface area contributed by atoms with Crippen LogP contribution >= 0.6 is 11.3 Å². The van der Waals surface area contributed by atoms with Crippen molar-refractivity contribution in [2.24, 2.45) is 4.99 Å². The van der Waals surface area contributed by atoms with Gasteiger partial charge in [0.25, 0.3) is 0 Å². The number of nitrogens with zero attached hydrogens (tertiary/aromatic N) is 1. The molecule has 0 unspecified atom stereocenters. The van der Waals surface area contributed by atoms with E-state index in [1.165, 1.54) is 11.1 Å². The molecule has 0 fully saturated rings. The molecular weight excluding hydrogens is 354 g/mol. The molecule has 1 aromatic heterocycles. The fourth-order valence-electron chi connectivity index (χ4n) is 2.32. The number of nitrogens with one attached hydrogen (secondary N) is 2. The quantitative estimate of drug-likeness (QED) is 0.598. The van der Waals surface area contributed by atoms with Crippen molar-refractivity contribution >= 4 is 27.1 Å². The van der Waals surface area contributed by atoms with Crippen molar-refractivity contribution < 1.29 is 8.42 Å². The summed E-state index contributed by atoms with van der Waals surface area (Å²) in [6.07, 6.45) is 1.21. The molecular formula is C18H25N3O2S2. The molecule has 0 aliphatic rings. The summed E-state index contributed by atoms with van der Waals surface area (Å²) in [4.78, 5) is 5.90. The topological polar surface area (TPSA) is 70.6 Å². The van der Waals surface area contributed by atoms with Crippen LogP contribution in [0.2, 0.25) is 0 Å². The number of hydrogen-bond donors (Lipinski definition) is 2. The van der Waals surface area contributed by atoms with Crippen molar-refractivity contribution in [3.05, 3.63) is 52.2 Å². The third-order valence-electron chi connectivity index (χ3n) is 3.92. The van der Waals surface area contributed by atoms with Crippen LogP contribution in [0.4, 0.5) is 0 Å². The van der Waals surface area contributed by atoms with Crippen molar-refractivity contribution in [1.82, 2.24) is 10.6 Å². The minimum Gasteiger partial charge on any atom is -0.356 e. The van der Waals surface area contributed by atoms with E-state index < -0.39 is 9.84 Å². The Morgan fingerprint density at radius 2 is 1.84 bits per heavy atom. The van der Waals surface area contributed by atoms with Gasteiger partial charge in [0.1, 0.15) is 0 Å². The van der Waals surface area contributed by atoms with Crippen LogP contribution in [0.15, 0.2) is 51.7 Å². The van der Waals surface area contributed by atoms with Crippen LogP contribution in [0, 0.1) is 0 Å². The minimum atomic E-state index is -3.16.